The molecule has 0 atom stereocenters. The zero-order chi connectivity index (χ0) is 19.0. The normalized spacial score (nSPS) is 14.0. The van der Waals surface area contributed by atoms with E-state index in [1.807, 2.05) is 19.1 Å². The van der Waals surface area contributed by atoms with Crippen molar-refractivity contribution in [1.29, 1.82) is 0 Å². The summed E-state index contributed by atoms with van der Waals surface area (Å²) in [5, 5.41) is 1.00. The van der Waals surface area contributed by atoms with E-state index in [0.717, 1.165) is 53.1 Å². The summed E-state index contributed by atoms with van der Waals surface area (Å²) in [5.41, 5.74) is 4.59. The molecule has 0 saturated heterocycles. The Morgan fingerprint density at radius 1 is 1.19 bits per heavy atom. The molecule has 1 aliphatic rings. The van der Waals surface area contributed by atoms with Gasteiger partial charge >= 0.3 is 5.63 Å². The summed E-state index contributed by atoms with van der Waals surface area (Å²) in [6.07, 6.45) is 0.788. The van der Waals surface area contributed by atoms with E-state index < -0.39 is 0 Å². The van der Waals surface area contributed by atoms with E-state index >= 15 is 0 Å². The summed E-state index contributed by atoms with van der Waals surface area (Å²) in [4.78, 5) is 14.1. The molecule has 0 spiro atoms. The first-order valence-electron chi connectivity index (χ1n) is 9.16. The van der Waals surface area contributed by atoms with Crippen LogP contribution in [0.4, 0.5) is 0 Å². The zero-order valence-corrected chi connectivity index (χ0v) is 15.9. The van der Waals surface area contributed by atoms with Crippen molar-refractivity contribution >= 4 is 11.0 Å². The van der Waals surface area contributed by atoms with Crippen LogP contribution in [0.15, 0.2) is 45.6 Å². The Morgan fingerprint density at radius 3 is 2.67 bits per heavy atom. The molecular weight excluding hydrogens is 342 g/mol. The van der Waals surface area contributed by atoms with Crippen molar-refractivity contribution in [3.8, 4) is 11.5 Å². The van der Waals surface area contributed by atoms with E-state index in [1.165, 1.54) is 5.56 Å². The maximum absolute atomic E-state index is 11.9. The molecule has 2 aromatic carbocycles. The van der Waals surface area contributed by atoms with Crippen molar-refractivity contribution in [3.63, 3.8) is 0 Å². The number of fused-ring (bicyclic) bond motifs is 2. The second-order valence-electron chi connectivity index (χ2n) is 6.92. The summed E-state index contributed by atoms with van der Waals surface area (Å²) < 4.78 is 16.7. The lowest BCUT2D eigenvalue weighted by Crippen LogP contribution is -2.32. The number of methoxy groups -OCH3 is 1. The molecule has 1 aliphatic heterocycles. The van der Waals surface area contributed by atoms with Gasteiger partial charge in [-0.15, -0.1) is 0 Å². The van der Waals surface area contributed by atoms with Gasteiger partial charge in [-0.05, 0) is 42.7 Å². The van der Waals surface area contributed by atoms with E-state index in [9.17, 15) is 4.79 Å². The molecule has 27 heavy (non-hydrogen) atoms. The number of aryl methyl sites for hydroxylation is 2. The average molecular weight is 365 g/mol. The molecule has 3 aromatic rings. The molecule has 0 bridgehead atoms. The smallest absolute Gasteiger partial charge is 0.336 e. The molecule has 2 heterocycles. The molecule has 0 aliphatic carbocycles. The fourth-order valence-corrected chi connectivity index (χ4v) is 3.72. The lowest BCUT2D eigenvalue weighted by Gasteiger charge is -2.30. The van der Waals surface area contributed by atoms with Crippen molar-refractivity contribution in [2.45, 2.75) is 33.4 Å². The highest BCUT2D eigenvalue weighted by Gasteiger charge is 2.23. The van der Waals surface area contributed by atoms with Crippen LogP contribution in [-0.4, -0.2) is 18.7 Å². The number of hydrogen-bond donors (Lipinski definition) is 0. The standard InChI is InChI=1S/C22H23NO4/c1-4-16-10-20(24)27-22-14(2)21-17(9-19(16)22)12-23(13-26-21)11-15-5-7-18(25-3)8-6-15/h5-10H,4,11-13H2,1-3H3. The predicted molar refractivity (Wildman–Crippen MR) is 104 cm³/mol. The molecule has 0 amide bonds. The van der Waals surface area contributed by atoms with Gasteiger partial charge in [-0.2, -0.15) is 0 Å². The SMILES string of the molecule is CCc1cc(=O)oc2c(C)c3c(cc12)CN(Cc1ccc(OC)cc1)CO3. The predicted octanol–water partition coefficient (Wildman–Crippen LogP) is 4.02. The van der Waals surface area contributed by atoms with Crippen LogP contribution in [0.25, 0.3) is 11.0 Å². The maximum Gasteiger partial charge on any atom is 0.336 e. The topological polar surface area (TPSA) is 51.9 Å². The molecule has 5 nitrogen and oxygen atoms in total. The van der Waals surface area contributed by atoms with Crippen LogP contribution in [0.5, 0.6) is 11.5 Å². The second-order valence-corrected chi connectivity index (χ2v) is 6.92. The molecule has 0 N–H and O–H groups in total. The van der Waals surface area contributed by atoms with Gasteiger partial charge in [0, 0.05) is 35.7 Å². The first kappa shape index (κ1) is 17.6. The molecule has 0 radical (unpaired) electrons. The van der Waals surface area contributed by atoms with Crippen LogP contribution in [0.3, 0.4) is 0 Å². The van der Waals surface area contributed by atoms with Crippen LogP contribution >= 0.6 is 0 Å². The van der Waals surface area contributed by atoms with Gasteiger partial charge in [-0.3, -0.25) is 4.90 Å². The molecular formula is C22H23NO4. The summed E-state index contributed by atoms with van der Waals surface area (Å²) in [5.74, 6) is 1.69. The van der Waals surface area contributed by atoms with Crippen molar-refractivity contribution in [2.24, 2.45) is 0 Å². The van der Waals surface area contributed by atoms with E-state index in [-0.39, 0.29) is 5.63 Å². The van der Waals surface area contributed by atoms with Gasteiger partial charge in [0.05, 0.1) is 7.11 Å². The molecule has 0 unspecified atom stereocenters. The summed E-state index contributed by atoms with van der Waals surface area (Å²) in [6.45, 7) is 6.10. The monoisotopic (exact) mass is 365 g/mol. The molecule has 4 rings (SSSR count). The number of ether oxygens (including phenoxy) is 2. The Kier molecular flexibility index (Phi) is 4.62. The Hall–Kier alpha value is -2.79. The minimum Gasteiger partial charge on any atom is -0.497 e. The Labute approximate surface area is 158 Å². The third-order valence-electron chi connectivity index (χ3n) is 5.11. The molecule has 0 fully saturated rings. The highest BCUT2D eigenvalue weighted by molar-refractivity contribution is 5.86. The second kappa shape index (κ2) is 7.08. The lowest BCUT2D eigenvalue weighted by molar-refractivity contribution is 0.0881. The van der Waals surface area contributed by atoms with E-state index in [2.05, 4.69) is 30.0 Å². The summed E-state index contributed by atoms with van der Waals surface area (Å²) in [7, 11) is 1.67. The van der Waals surface area contributed by atoms with Gasteiger partial charge in [-0.1, -0.05) is 19.1 Å². The van der Waals surface area contributed by atoms with E-state index in [1.54, 1.807) is 13.2 Å². The lowest BCUT2D eigenvalue weighted by atomic mass is 9.99. The largest absolute Gasteiger partial charge is 0.497 e. The average Bonchev–Trinajstić information content (AvgIpc) is 2.69. The quantitative estimate of drug-likeness (QED) is 0.654. The van der Waals surface area contributed by atoms with Crippen LogP contribution in [0, 0.1) is 6.92 Å². The third kappa shape index (κ3) is 3.30. The Bertz CT molecular complexity index is 1040. The van der Waals surface area contributed by atoms with Gasteiger partial charge in [-0.25, -0.2) is 4.79 Å². The van der Waals surface area contributed by atoms with Crippen molar-refractivity contribution in [3.05, 3.63) is 69.1 Å². The molecule has 140 valence electrons. The van der Waals surface area contributed by atoms with Gasteiger partial charge in [0.1, 0.15) is 23.8 Å². The molecule has 5 heteroatoms. The van der Waals surface area contributed by atoms with Crippen LogP contribution < -0.4 is 15.1 Å². The summed E-state index contributed by atoms with van der Waals surface area (Å²) >= 11 is 0. The van der Waals surface area contributed by atoms with Gasteiger partial charge < -0.3 is 13.9 Å². The number of hydrogen-bond acceptors (Lipinski definition) is 5. The first-order chi connectivity index (χ1) is 13.1. The number of nitrogens with zero attached hydrogens (tertiary/aromatic N) is 1. The third-order valence-corrected chi connectivity index (χ3v) is 5.11. The van der Waals surface area contributed by atoms with Gasteiger partial charge in [0.2, 0.25) is 0 Å². The van der Waals surface area contributed by atoms with Gasteiger partial charge in [0.15, 0.2) is 0 Å². The molecule has 1 aromatic heterocycles. The van der Waals surface area contributed by atoms with Crippen molar-refractivity contribution in [2.75, 3.05) is 13.8 Å². The van der Waals surface area contributed by atoms with E-state index in [4.69, 9.17) is 13.9 Å². The fourth-order valence-electron chi connectivity index (χ4n) is 3.72. The highest BCUT2D eigenvalue weighted by Crippen LogP contribution is 2.36. The number of rotatable bonds is 4. The van der Waals surface area contributed by atoms with Crippen LogP contribution in [0.2, 0.25) is 0 Å². The highest BCUT2D eigenvalue weighted by atomic mass is 16.5. The Morgan fingerprint density at radius 2 is 1.96 bits per heavy atom. The minimum atomic E-state index is -0.306. The maximum atomic E-state index is 11.9. The minimum absolute atomic E-state index is 0.306. The Balaban J connectivity index is 1.66. The number of benzene rings is 2. The molecule has 0 saturated carbocycles. The first-order valence-corrected chi connectivity index (χ1v) is 9.16. The van der Waals surface area contributed by atoms with Crippen molar-refractivity contribution < 1.29 is 13.9 Å². The zero-order valence-electron chi connectivity index (χ0n) is 15.9. The van der Waals surface area contributed by atoms with Crippen molar-refractivity contribution in [1.82, 2.24) is 4.90 Å². The fraction of sp³-hybridized carbons (Fsp3) is 0.318. The summed E-state index contributed by atoms with van der Waals surface area (Å²) in [6, 6.07) is 11.8. The van der Waals surface area contributed by atoms with Gasteiger partial charge in [0.25, 0.3) is 0 Å². The van der Waals surface area contributed by atoms with Crippen LogP contribution in [0.1, 0.15) is 29.2 Å². The van der Waals surface area contributed by atoms with E-state index in [0.29, 0.717) is 12.3 Å². The van der Waals surface area contributed by atoms with Crippen LogP contribution in [-0.2, 0) is 19.5 Å².